The van der Waals surface area contributed by atoms with Gasteiger partial charge in [0.2, 0.25) is 0 Å². The zero-order chi connectivity index (χ0) is 15.6. The summed E-state index contributed by atoms with van der Waals surface area (Å²) < 4.78 is 11.6. The van der Waals surface area contributed by atoms with Crippen LogP contribution in [0, 0.1) is 0 Å². The highest BCUT2D eigenvalue weighted by molar-refractivity contribution is 7.20. The fourth-order valence-corrected chi connectivity index (χ4v) is 3.90. The molecule has 0 saturated heterocycles. The van der Waals surface area contributed by atoms with Crippen molar-refractivity contribution in [3.8, 4) is 21.3 Å². The Kier molecular flexibility index (Phi) is 7.81. The molecular formula is C18H26O2S2. The van der Waals surface area contributed by atoms with Crippen molar-refractivity contribution in [1.82, 2.24) is 0 Å². The van der Waals surface area contributed by atoms with Crippen molar-refractivity contribution in [3.05, 3.63) is 22.9 Å². The van der Waals surface area contributed by atoms with Gasteiger partial charge in [-0.3, -0.25) is 0 Å². The van der Waals surface area contributed by atoms with Gasteiger partial charge in [-0.25, -0.2) is 0 Å². The molecule has 0 aliphatic carbocycles. The molecule has 0 saturated carbocycles. The van der Waals surface area contributed by atoms with E-state index in [1.165, 1.54) is 35.4 Å². The van der Waals surface area contributed by atoms with Gasteiger partial charge in [-0.1, -0.05) is 39.5 Å². The second kappa shape index (κ2) is 9.90. The third-order valence-corrected chi connectivity index (χ3v) is 5.44. The molecule has 0 atom stereocenters. The molecule has 122 valence electrons. The van der Waals surface area contributed by atoms with Crippen LogP contribution in [-0.2, 0) is 0 Å². The molecule has 0 unspecified atom stereocenters. The number of hydrogen-bond donors (Lipinski definition) is 0. The first-order valence-corrected chi connectivity index (χ1v) is 10.0. The van der Waals surface area contributed by atoms with Gasteiger partial charge < -0.3 is 9.47 Å². The van der Waals surface area contributed by atoms with Crippen molar-refractivity contribution < 1.29 is 9.47 Å². The third-order valence-electron chi connectivity index (χ3n) is 3.43. The van der Waals surface area contributed by atoms with E-state index in [1.54, 1.807) is 22.7 Å². The quantitative estimate of drug-likeness (QED) is 0.429. The summed E-state index contributed by atoms with van der Waals surface area (Å²) in [6.45, 7) is 6.06. The summed E-state index contributed by atoms with van der Waals surface area (Å²) in [5.74, 6) is 1.99. The molecule has 0 N–H and O–H groups in total. The summed E-state index contributed by atoms with van der Waals surface area (Å²) in [5, 5.41) is 4.20. The summed E-state index contributed by atoms with van der Waals surface area (Å²) in [4.78, 5) is 2.53. The highest BCUT2D eigenvalue weighted by atomic mass is 32.1. The van der Waals surface area contributed by atoms with E-state index in [-0.39, 0.29) is 0 Å². The topological polar surface area (TPSA) is 18.5 Å². The van der Waals surface area contributed by atoms with Gasteiger partial charge in [0.15, 0.2) is 0 Å². The van der Waals surface area contributed by atoms with E-state index in [0.29, 0.717) is 0 Å². The average Bonchev–Trinajstić information content (AvgIpc) is 3.17. The van der Waals surface area contributed by atoms with Crippen LogP contribution in [0.3, 0.4) is 0 Å². The first-order valence-electron chi connectivity index (χ1n) is 8.26. The molecule has 0 radical (unpaired) electrons. The largest absolute Gasteiger partial charge is 0.493 e. The van der Waals surface area contributed by atoms with E-state index in [9.17, 15) is 0 Å². The van der Waals surface area contributed by atoms with Crippen LogP contribution >= 0.6 is 22.7 Å². The Morgan fingerprint density at radius 1 is 0.727 bits per heavy atom. The Morgan fingerprint density at radius 3 is 1.59 bits per heavy atom. The Bertz CT molecular complexity index is 482. The average molecular weight is 339 g/mol. The molecule has 2 aromatic heterocycles. The number of thiophene rings is 2. The molecule has 2 rings (SSSR count). The molecule has 0 aliphatic heterocycles. The van der Waals surface area contributed by atoms with Crippen molar-refractivity contribution in [3.63, 3.8) is 0 Å². The van der Waals surface area contributed by atoms with Crippen molar-refractivity contribution in [2.24, 2.45) is 0 Å². The molecular weight excluding hydrogens is 312 g/mol. The van der Waals surface area contributed by atoms with Gasteiger partial charge in [0, 0.05) is 20.5 Å². The van der Waals surface area contributed by atoms with Crippen molar-refractivity contribution in [2.45, 2.75) is 52.4 Å². The second-order valence-electron chi connectivity index (χ2n) is 5.40. The maximum Gasteiger partial charge on any atom is 0.130 e. The summed E-state index contributed by atoms with van der Waals surface area (Å²) in [6, 6.07) is 4.28. The van der Waals surface area contributed by atoms with Crippen LogP contribution in [0.5, 0.6) is 11.5 Å². The minimum absolute atomic E-state index is 0.820. The SMILES string of the molecule is CCCCCOc1csc(-c2cc(OCCCCC)cs2)c1. The smallest absolute Gasteiger partial charge is 0.130 e. The first-order chi connectivity index (χ1) is 10.8. The molecule has 22 heavy (non-hydrogen) atoms. The van der Waals surface area contributed by atoms with Crippen molar-refractivity contribution in [1.29, 1.82) is 0 Å². The Morgan fingerprint density at radius 2 is 1.18 bits per heavy atom. The Hall–Kier alpha value is -1.000. The van der Waals surface area contributed by atoms with E-state index < -0.39 is 0 Å². The van der Waals surface area contributed by atoms with Crippen LogP contribution < -0.4 is 9.47 Å². The van der Waals surface area contributed by atoms with Gasteiger partial charge in [0.25, 0.3) is 0 Å². The number of unbranched alkanes of at least 4 members (excludes halogenated alkanes) is 4. The predicted octanol–water partition coefficient (Wildman–Crippen LogP) is 6.61. The molecule has 0 fully saturated rings. The standard InChI is InChI=1S/C18H26O2S2/c1-3-5-7-9-19-15-11-17(21-13-15)18-12-16(14-22-18)20-10-8-6-4-2/h11-14H,3-10H2,1-2H3. The molecule has 0 aliphatic rings. The van der Waals surface area contributed by atoms with Gasteiger partial charge in [0.1, 0.15) is 11.5 Å². The van der Waals surface area contributed by atoms with Gasteiger partial charge in [-0.05, 0) is 25.0 Å². The first kappa shape index (κ1) is 17.4. The maximum atomic E-state index is 5.79. The van der Waals surface area contributed by atoms with Crippen LogP contribution in [0.4, 0.5) is 0 Å². The Balaban J connectivity index is 1.81. The minimum atomic E-state index is 0.820. The van der Waals surface area contributed by atoms with E-state index >= 15 is 0 Å². The van der Waals surface area contributed by atoms with Gasteiger partial charge in [-0.2, -0.15) is 0 Å². The number of ether oxygens (including phenoxy) is 2. The summed E-state index contributed by atoms with van der Waals surface area (Å²) >= 11 is 3.48. The van der Waals surface area contributed by atoms with Crippen LogP contribution in [0.15, 0.2) is 22.9 Å². The minimum Gasteiger partial charge on any atom is -0.493 e. The van der Waals surface area contributed by atoms with Crippen LogP contribution in [0.25, 0.3) is 9.75 Å². The molecule has 0 amide bonds. The molecule has 4 heteroatoms. The van der Waals surface area contributed by atoms with Crippen molar-refractivity contribution >= 4 is 22.7 Å². The lowest BCUT2D eigenvalue weighted by atomic mass is 10.3. The maximum absolute atomic E-state index is 5.79. The normalized spacial score (nSPS) is 10.8. The monoisotopic (exact) mass is 338 g/mol. The second-order valence-corrected chi connectivity index (χ2v) is 7.23. The summed E-state index contributed by atoms with van der Waals surface area (Å²) in [5.41, 5.74) is 0. The third kappa shape index (κ3) is 5.65. The molecule has 0 bridgehead atoms. The molecule has 2 aromatic rings. The zero-order valence-electron chi connectivity index (χ0n) is 13.6. The van der Waals surface area contributed by atoms with E-state index in [2.05, 4.69) is 36.7 Å². The highest BCUT2D eigenvalue weighted by Gasteiger charge is 2.07. The molecule has 2 heterocycles. The fraction of sp³-hybridized carbons (Fsp3) is 0.556. The lowest BCUT2D eigenvalue weighted by Gasteiger charge is -2.02. The predicted molar refractivity (Wildman–Crippen MR) is 97.7 cm³/mol. The molecule has 0 aromatic carbocycles. The Labute approximate surface area is 142 Å². The van der Waals surface area contributed by atoms with Crippen LogP contribution in [-0.4, -0.2) is 13.2 Å². The molecule has 2 nitrogen and oxygen atoms in total. The van der Waals surface area contributed by atoms with E-state index in [1.807, 2.05) is 0 Å². The van der Waals surface area contributed by atoms with Gasteiger partial charge >= 0.3 is 0 Å². The van der Waals surface area contributed by atoms with Gasteiger partial charge in [-0.15, -0.1) is 22.7 Å². The van der Waals surface area contributed by atoms with Crippen molar-refractivity contribution in [2.75, 3.05) is 13.2 Å². The number of hydrogen-bond acceptors (Lipinski definition) is 4. The summed E-state index contributed by atoms with van der Waals surface area (Å²) in [6.07, 6.45) is 7.21. The number of rotatable bonds is 11. The molecule has 0 spiro atoms. The van der Waals surface area contributed by atoms with E-state index in [0.717, 1.165) is 37.6 Å². The van der Waals surface area contributed by atoms with Crippen LogP contribution in [0.2, 0.25) is 0 Å². The highest BCUT2D eigenvalue weighted by Crippen LogP contribution is 2.37. The van der Waals surface area contributed by atoms with Crippen LogP contribution in [0.1, 0.15) is 52.4 Å². The zero-order valence-corrected chi connectivity index (χ0v) is 15.2. The van der Waals surface area contributed by atoms with Gasteiger partial charge in [0.05, 0.1) is 13.2 Å². The lowest BCUT2D eigenvalue weighted by molar-refractivity contribution is 0.307. The van der Waals surface area contributed by atoms with E-state index in [4.69, 9.17) is 9.47 Å². The fourth-order valence-electron chi connectivity index (χ4n) is 2.13. The summed E-state index contributed by atoms with van der Waals surface area (Å²) in [7, 11) is 0. The lowest BCUT2D eigenvalue weighted by Crippen LogP contribution is -1.95.